The van der Waals surface area contributed by atoms with E-state index in [1.165, 1.54) is 11.1 Å². The lowest BCUT2D eigenvalue weighted by Crippen LogP contribution is -2.40. The molecule has 3 heterocycles. The maximum atomic E-state index is 13.7. The van der Waals surface area contributed by atoms with Crippen LogP contribution in [0.4, 0.5) is 4.39 Å². The molecule has 5 nitrogen and oxygen atoms in total. The Balaban J connectivity index is 1.50. The minimum atomic E-state index is -0.822. The van der Waals surface area contributed by atoms with E-state index < -0.39 is 6.17 Å². The van der Waals surface area contributed by atoms with Crippen LogP contribution in [0.25, 0.3) is 0 Å². The van der Waals surface area contributed by atoms with E-state index in [1.807, 2.05) is 11.4 Å². The van der Waals surface area contributed by atoms with Crippen LogP contribution in [-0.2, 0) is 17.8 Å². The second-order valence-electron chi connectivity index (χ2n) is 5.47. The van der Waals surface area contributed by atoms with Gasteiger partial charge in [0.2, 0.25) is 5.91 Å². The molecule has 0 bridgehead atoms. The number of nitrogens with one attached hydrogen (secondary N) is 1. The number of hydrogen-bond donors (Lipinski definition) is 1. The number of halogens is 1. The zero-order valence-corrected chi connectivity index (χ0v) is 12.9. The smallest absolute Gasteiger partial charge is 0.226 e. The monoisotopic (exact) mass is 323 g/mol. The standard InChI is InChI=1S/C15H18FN3O2S/c16-11-6-13(19(9-11)10-14-2-1-5-22-14)8-17-15(20)7-12-3-4-21-18-12/h1-5,11,13H,6-10H2,(H,17,20)/t11-,13-/m0/s1. The number of aromatic nitrogens is 1. The van der Waals surface area contributed by atoms with Gasteiger partial charge < -0.3 is 9.84 Å². The normalized spacial score (nSPS) is 22.0. The Kier molecular flexibility index (Phi) is 4.84. The summed E-state index contributed by atoms with van der Waals surface area (Å²) in [4.78, 5) is 15.2. The third kappa shape index (κ3) is 3.92. The summed E-state index contributed by atoms with van der Waals surface area (Å²) in [5.41, 5.74) is 0.600. The number of hydrogen-bond acceptors (Lipinski definition) is 5. The van der Waals surface area contributed by atoms with Crippen molar-refractivity contribution in [3.05, 3.63) is 40.4 Å². The van der Waals surface area contributed by atoms with Gasteiger partial charge >= 0.3 is 0 Å². The average Bonchev–Trinajstić information content (AvgIpc) is 3.20. The predicted molar refractivity (Wildman–Crippen MR) is 81.2 cm³/mol. The summed E-state index contributed by atoms with van der Waals surface area (Å²) in [6.45, 7) is 1.63. The first-order valence-corrected chi connectivity index (χ1v) is 8.15. The first-order valence-electron chi connectivity index (χ1n) is 7.27. The topological polar surface area (TPSA) is 58.4 Å². The van der Waals surface area contributed by atoms with Crippen molar-refractivity contribution in [2.75, 3.05) is 13.1 Å². The highest BCUT2D eigenvalue weighted by molar-refractivity contribution is 7.09. The summed E-state index contributed by atoms with van der Waals surface area (Å²) in [5, 5.41) is 8.60. The highest BCUT2D eigenvalue weighted by atomic mass is 32.1. The number of nitrogens with zero attached hydrogens (tertiary/aromatic N) is 2. The molecular weight excluding hydrogens is 305 g/mol. The molecule has 0 radical (unpaired) electrons. The summed E-state index contributed by atoms with van der Waals surface area (Å²) >= 11 is 1.67. The first kappa shape index (κ1) is 15.2. The number of likely N-dealkylation sites (tertiary alicyclic amines) is 1. The van der Waals surface area contributed by atoms with Gasteiger partial charge in [-0.3, -0.25) is 9.69 Å². The maximum absolute atomic E-state index is 13.7. The lowest BCUT2D eigenvalue weighted by Gasteiger charge is -2.23. The first-order chi connectivity index (χ1) is 10.7. The van der Waals surface area contributed by atoms with Gasteiger partial charge in [-0.15, -0.1) is 11.3 Å². The van der Waals surface area contributed by atoms with Crippen LogP contribution in [0.5, 0.6) is 0 Å². The molecule has 1 N–H and O–H groups in total. The van der Waals surface area contributed by atoms with Crippen LogP contribution in [0, 0.1) is 0 Å². The van der Waals surface area contributed by atoms with Gasteiger partial charge in [0.25, 0.3) is 0 Å². The molecule has 1 aliphatic heterocycles. The lowest BCUT2D eigenvalue weighted by atomic mass is 10.2. The molecule has 118 valence electrons. The van der Waals surface area contributed by atoms with Crippen LogP contribution in [0.15, 0.2) is 34.4 Å². The zero-order chi connectivity index (χ0) is 15.4. The average molecular weight is 323 g/mol. The zero-order valence-electron chi connectivity index (χ0n) is 12.1. The highest BCUT2D eigenvalue weighted by Gasteiger charge is 2.32. The largest absolute Gasteiger partial charge is 0.364 e. The fourth-order valence-corrected chi connectivity index (χ4v) is 3.45. The van der Waals surface area contributed by atoms with Gasteiger partial charge in [-0.2, -0.15) is 0 Å². The quantitative estimate of drug-likeness (QED) is 0.883. The Bertz CT molecular complexity index is 588. The number of amides is 1. The van der Waals surface area contributed by atoms with E-state index in [9.17, 15) is 9.18 Å². The second kappa shape index (κ2) is 7.02. The molecule has 3 rings (SSSR count). The van der Waals surface area contributed by atoms with E-state index in [0.717, 1.165) is 6.54 Å². The molecule has 7 heteroatoms. The molecule has 0 spiro atoms. The Labute approximate surface area is 132 Å². The molecule has 1 fully saturated rings. The van der Waals surface area contributed by atoms with E-state index in [4.69, 9.17) is 4.52 Å². The van der Waals surface area contributed by atoms with Crippen LogP contribution in [0.3, 0.4) is 0 Å². The fourth-order valence-electron chi connectivity index (χ4n) is 2.72. The van der Waals surface area contributed by atoms with Crippen LogP contribution in [-0.4, -0.2) is 41.3 Å². The van der Waals surface area contributed by atoms with Gasteiger partial charge in [0.1, 0.15) is 12.4 Å². The van der Waals surface area contributed by atoms with Gasteiger partial charge in [0, 0.05) is 36.6 Å². The Hall–Kier alpha value is -1.73. The van der Waals surface area contributed by atoms with Crippen molar-refractivity contribution in [1.29, 1.82) is 0 Å². The fraction of sp³-hybridized carbons (Fsp3) is 0.467. The van der Waals surface area contributed by atoms with E-state index in [-0.39, 0.29) is 18.4 Å². The van der Waals surface area contributed by atoms with Crippen LogP contribution >= 0.6 is 11.3 Å². The van der Waals surface area contributed by atoms with Crippen molar-refractivity contribution in [2.45, 2.75) is 31.6 Å². The minimum absolute atomic E-state index is 0.0401. The molecule has 0 saturated carbocycles. The molecule has 1 saturated heterocycles. The van der Waals surface area contributed by atoms with E-state index in [2.05, 4.69) is 21.4 Å². The molecule has 1 amide bonds. The van der Waals surface area contributed by atoms with Crippen LogP contribution < -0.4 is 5.32 Å². The molecule has 2 aromatic rings. The van der Waals surface area contributed by atoms with Crippen molar-refractivity contribution in [2.24, 2.45) is 0 Å². The Morgan fingerprint density at radius 2 is 2.45 bits per heavy atom. The highest BCUT2D eigenvalue weighted by Crippen LogP contribution is 2.23. The van der Waals surface area contributed by atoms with Crippen molar-refractivity contribution in [1.82, 2.24) is 15.4 Å². The van der Waals surface area contributed by atoms with E-state index >= 15 is 0 Å². The number of carbonyl (C=O) groups excluding carboxylic acids is 1. The third-order valence-electron chi connectivity index (χ3n) is 3.78. The van der Waals surface area contributed by atoms with Crippen molar-refractivity contribution in [3.8, 4) is 0 Å². The number of carbonyl (C=O) groups is 1. The van der Waals surface area contributed by atoms with Crippen molar-refractivity contribution < 1.29 is 13.7 Å². The summed E-state index contributed by atoms with van der Waals surface area (Å²) in [7, 11) is 0. The Morgan fingerprint density at radius 3 is 3.18 bits per heavy atom. The van der Waals surface area contributed by atoms with E-state index in [1.54, 1.807) is 17.4 Å². The number of thiophene rings is 1. The Morgan fingerprint density at radius 1 is 1.55 bits per heavy atom. The molecule has 0 unspecified atom stereocenters. The van der Waals surface area contributed by atoms with Crippen LogP contribution in [0.1, 0.15) is 17.0 Å². The summed E-state index contributed by atoms with van der Waals surface area (Å²) in [5.74, 6) is -0.118. The number of alkyl halides is 1. The van der Waals surface area contributed by atoms with Gasteiger partial charge in [0.05, 0.1) is 12.1 Å². The summed E-state index contributed by atoms with van der Waals surface area (Å²) < 4.78 is 18.4. The molecule has 22 heavy (non-hydrogen) atoms. The van der Waals surface area contributed by atoms with Gasteiger partial charge in [0.15, 0.2) is 0 Å². The maximum Gasteiger partial charge on any atom is 0.226 e. The third-order valence-corrected chi connectivity index (χ3v) is 4.64. The second-order valence-corrected chi connectivity index (χ2v) is 6.50. The van der Waals surface area contributed by atoms with E-state index in [0.29, 0.717) is 25.2 Å². The molecule has 1 aliphatic rings. The van der Waals surface area contributed by atoms with Gasteiger partial charge in [-0.05, 0) is 17.9 Å². The van der Waals surface area contributed by atoms with Crippen molar-refractivity contribution in [3.63, 3.8) is 0 Å². The van der Waals surface area contributed by atoms with Crippen LogP contribution in [0.2, 0.25) is 0 Å². The lowest BCUT2D eigenvalue weighted by molar-refractivity contribution is -0.120. The summed E-state index contributed by atoms with van der Waals surface area (Å²) in [6, 6.07) is 5.75. The predicted octanol–water partition coefficient (Wildman–Crippen LogP) is 2.01. The van der Waals surface area contributed by atoms with Gasteiger partial charge in [-0.25, -0.2) is 4.39 Å². The number of rotatable bonds is 6. The molecule has 0 aromatic carbocycles. The molecule has 2 atom stereocenters. The summed E-state index contributed by atoms with van der Waals surface area (Å²) in [6.07, 6.45) is 1.27. The molecule has 2 aromatic heterocycles. The van der Waals surface area contributed by atoms with Gasteiger partial charge in [-0.1, -0.05) is 11.2 Å². The minimum Gasteiger partial charge on any atom is -0.364 e. The SMILES string of the molecule is O=C(Cc1ccon1)NC[C@@H]1C[C@H](F)CN1Cc1cccs1. The van der Waals surface area contributed by atoms with Crippen molar-refractivity contribution >= 4 is 17.2 Å². The molecular formula is C15H18FN3O2S. The molecule has 0 aliphatic carbocycles.